The molecular weight excluding hydrogens is 506 g/mol. The molecule has 8 aromatic rings. The van der Waals surface area contributed by atoms with Gasteiger partial charge in [0.1, 0.15) is 16.7 Å². The number of hydrogen-bond acceptors (Lipinski definition) is 4. The Bertz CT molecular complexity index is 2230. The van der Waals surface area contributed by atoms with Crippen LogP contribution in [0.3, 0.4) is 0 Å². The van der Waals surface area contributed by atoms with Gasteiger partial charge in [0, 0.05) is 22.1 Å². The molecule has 194 valence electrons. The molecule has 0 unspecified atom stereocenters. The Labute approximate surface area is 235 Å². The molecule has 8 rings (SSSR count). The number of para-hydroxylation sites is 3. The van der Waals surface area contributed by atoms with Crippen molar-refractivity contribution in [2.24, 2.45) is 0 Å². The van der Waals surface area contributed by atoms with Crippen LogP contribution in [-0.2, 0) is 0 Å². The number of nitrogens with zero attached hydrogens (tertiary/aromatic N) is 1. The Kier molecular flexibility index (Phi) is 5.25. The minimum absolute atomic E-state index is 0.0652. The van der Waals surface area contributed by atoms with E-state index in [1.165, 1.54) is 0 Å². The molecule has 0 saturated heterocycles. The number of furan rings is 1. The molecule has 0 fully saturated rings. The van der Waals surface area contributed by atoms with Crippen molar-refractivity contribution in [2.45, 2.75) is 0 Å². The summed E-state index contributed by atoms with van der Waals surface area (Å²) in [6.07, 6.45) is 0. The first-order chi connectivity index (χ1) is 20.2. The lowest BCUT2D eigenvalue weighted by Gasteiger charge is -2.26. The standard InChI is InChI=1S/C37H23NO3/c39-36-28-18-10-11-19-33(28)40-35-22-29-30-20-25(24-12-4-1-5-13-24)21-32(37(30)41-34(29)23-31(35)36)38(26-14-6-2-7-15-26)27-16-8-3-9-17-27/h1-23H. The average Bonchev–Trinajstić information content (AvgIpc) is 3.39. The van der Waals surface area contributed by atoms with Crippen molar-refractivity contribution in [3.8, 4) is 11.1 Å². The second-order valence-corrected chi connectivity index (χ2v) is 10.1. The molecule has 0 N–H and O–H groups in total. The van der Waals surface area contributed by atoms with Crippen LogP contribution in [0.25, 0.3) is 55.0 Å². The molecule has 0 atom stereocenters. The molecule has 0 spiro atoms. The smallest absolute Gasteiger partial charge is 0.200 e. The molecule has 4 nitrogen and oxygen atoms in total. The van der Waals surface area contributed by atoms with Gasteiger partial charge in [-0.2, -0.15) is 0 Å². The molecule has 4 heteroatoms. The maximum absolute atomic E-state index is 13.4. The van der Waals surface area contributed by atoms with E-state index in [9.17, 15) is 4.79 Å². The Balaban J connectivity index is 1.49. The van der Waals surface area contributed by atoms with E-state index in [1.54, 1.807) is 6.07 Å². The van der Waals surface area contributed by atoms with Gasteiger partial charge in [0.2, 0.25) is 5.43 Å². The van der Waals surface area contributed by atoms with Crippen LogP contribution >= 0.6 is 0 Å². The molecule has 0 aliphatic carbocycles. The van der Waals surface area contributed by atoms with Gasteiger partial charge in [-0.3, -0.25) is 4.79 Å². The van der Waals surface area contributed by atoms with Gasteiger partial charge in [0.25, 0.3) is 0 Å². The van der Waals surface area contributed by atoms with Crippen LogP contribution in [0.1, 0.15) is 0 Å². The van der Waals surface area contributed by atoms with Gasteiger partial charge >= 0.3 is 0 Å². The summed E-state index contributed by atoms with van der Waals surface area (Å²) in [5, 5.41) is 2.90. The maximum atomic E-state index is 13.4. The highest BCUT2D eigenvalue weighted by molar-refractivity contribution is 6.15. The van der Waals surface area contributed by atoms with E-state index in [0.29, 0.717) is 27.5 Å². The Morgan fingerprint density at radius 1 is 0.439 bits per heavy atom. The van der Waals surface area contributed by atoms with Gasteiger partial charge in [-0.25, -0.2) is 0 Å². The molecule has 0 amide bonds. The fourth-order valence-electron chi connectivity index (χ4n) is 5.70. The van der Waals surface area contributed by atoms with Crippen LogP contribution in [-0.4, -0.2) is 0 Å². The normalized spacial score (nSPS) is 11.5. The van der Waals surface area contributed by atoms with Gasteiger partial charge in [-0.05, 0) is 71.8 Å². The minimum Gasteiger partial charge on any atom is -0.456 e. The lowest BCUT2D eigenvalue weighted by molar-refractivity contribution is 0.657. The van der Waals surface area contributed by atoms with Crippen LogP contribution in [0.5, 0.6) is 0 Å². The van der Waals surface area contributed by atoms with Crippen molar-refractivity contribution in [1.29, 1.82) is 0 Å². The fraction of sp³-hybridized carbons (Fsp3) is 0. The van der Waals surface area contributed by atoms with Crippen molar-refractivity contribution in [3.05, 3.63) is 150 Å². The summed E-state index contributed by atoms with van der Waals surface area (Å²) in [5.41, 5.74) is 7.52. The summed E-state index contributed by atoms with van der Waals surface area (Å²) in [6, 6.07) is 46.4. The first kappa shape index (κ1) is 23.3. The molecule has 2 aromatic heterocycles. The van der Waals surface area contributed by atoms with E-state index >= 15 is 0 Å². The van der Waals surface area contributed by atoms with Gasteiger partial charge in [0.05, 0.1) is 16.5 Å². The van der Waals surface area contributed by atoms with Gasteiger partial charge in [0.15, 0.2) is 5.58 Å². The lowest BCUT2D eigenvalue weighted by Crippen LogP contribution is -2.10. The van der Waals surface area contributed by atoms with E-state index in [4.69, 9.17) is 8.83 Å². The molecule has 0 aliphatic heterocycles. The topological polar surface area (TPSA) is 46.6 Å². The first-order valence-electron chi connectivity index (χ1n) is 13.6. The zero-order valence-corrected chi connectivity index (χ0v) is 22.0. The van der Waals surface area contributed by atoms with E-state index in [2.05, 4.69) is 53.4 Å². The van der Waals surface area contributed by atoms with E-state index < -0.39 is 0 Å². The summed E-state index contributed by atoms with van der Waals surface area (Å²) < 4.78 is 12.9. The molecule has 0 aliphatic rings. The Morgan fingerprint density at radius 3 is 1.73 bits per heavy atom. The third kappa shape index (κ3) is 3.80. The Hall–Kier alpha value is -5.61. The summed E-state index contributed by atoms with van der Waals surface area (Å²) >= 11 is 0. The second-order valence-electron chi connectivity index (χ2n) is 10.1. The predicted molar refractivity (Wildman–Crippen MR) is 167 cm³/mol. The van der Waals surface area contributed by atoms with E-state index in [-0.39, 0.29) is 5.43 Å². The fourth-order valence-corrected chi connectivity index (χ4v) is 5.70. The molecule has 41 heavy (non-hydrogen) atoms. The highest BCUT2D eigenvalue weighted by Gasteiger charge is 2.22. The van der Waals surface area contributed by atoms with E-state index in [0.717, 1.165) is 44.5 Å². The average molecular weight is 530 g/mol. The molecule has 0 bridgehead atoms. The molecule has 6 aromatic carbocycles. The van der Waals surface area contributed by atoms with Gasteiger partial charge < -0.3 is 13.7 Å². The third-order valence-corrected chi connectivity index (χ3v) is 7.63. The van der Waals surface area contributed by atoms with Crippen LogP contribution in [0.4, 0.5) is 17.1 Å². The molecule has 0 saturated carbocycles. The number of rotatable bonds is 4. The number of benzene rings is 6. The largest absolute Gasteiger partial charge is 0.456 e. The molecule has 2 heterocycles. The molecule has 0 radical (unpaired) electrons. The highest BCUT2D eigenvalue weighted by Crippen LogP contribution is 2.45. The predicted octanol–water partition coefficient (Wildman–Crippen LogP) is 9.98. The van der Waals surface area contributed by atoms with Gasteiger partial charge in [-0.1, -0.05) is 78.9 Å². The Morgan fingerprint density at radius 2 is 1.02 bits per heavy atom. The first-order valence-corrected chi connectivity index (χ1v) is 13.6. The van der Waals surface area contributed by atoms with Crippen molar-refractivity contribution in [3.63, 3.8) is 0 Å². The number of fused-ring (bicyclic) bond motifs is 5. The molecular formula is C37H23NO3. The van der Waals surface area contributed by atoms with Crippen molar-refractivity contribution in [2.75, 3.05) is 4.90 Å². The summed E-state index contributed by atoms with van der Waals surface area (Å²) in [5.74, 6) is 0. The van der Waals surface area contributed by atoms with Crippen LogP contribution in [0.15, 0.2) is 153 Å². The van der Waals surface area contributed by atoms with Crippen molar-refractivity contribution < 1.29 is 8.83 Å². The van der Waals surface area contributed by atoms with E-state index in [1.807, 2.05) is 84.9 Å². The van der Waals surface area contributed by atoms with Crippen LogP contribution in [0, 0.1) is 0 Å². The van der Waals surface area contributed by atoms with Crippen LogP contribution in [0.2, 0.25) is 0 Å². The summed E-state index contributed by atoms with van der Waals surface area (Å²) in [4.78, 5) is 15.6. The zero-order valence-electron chi connectivity index (χ0n) is 22.0. The lowest BCUT2D eigenvalue weighted by atomic mass is 10.00. The van der Waals surface area contributed by atoms with Crippen molar-refractivity contribution in [1.82, 2.24) is 0 Å². The van der Waals surface area contributed by atoms with Crippen LogP contribution < -0.4 is 10.3 Å². The summed E-state index contributed by atoms with van der Waals surface area (Å²) in [7, 11) is 0. The monoisotopic (exact) mass is 529 g/mol. The quantitative estimate of drug-likeness (QED) is 0.213. The summed E-state index contributed by atoms with van der Waals surface area (Å²) in [6.45, 7) is 0. The third-order valence-electron chi connectivity index (χ3n) is 7.63. The number of anilines is 3. The number of hydrogen-bond donors (Lipinski definition) is 0. The zero-order chi connectivity index (χ0) is 27.3. The minimum atomic E-state index is -0.0652. The highest BCUT2D eigenvalue weighted by atomic mass is 16.3. The SMILES string of the molecule is O=c1c2ccccc2oc2cc3c(cc12)oc1c(N(c2ccccc2)c2ccccc2)cc(-c2ccccc2)cc13. The van der Waals surface area contributed by atoms with Crippen molar-refractivity contribution >= 4 is 60.9 Å². The van der Waals surface area contributed by atoms with Gasteiger partial charge in [-0.15, -0.1) is 0 Å². The maximum Gasteiger partial charge on any atom is 0.200 e. The second kappa shape index (κ2) is 9.25.